The molecule has 2 amide bonds. The van der Waals surface area contributed by atoms with Crippen molar-refractivity contribution in [2.45, 2.75) is 19.9 Å². The monoisotopic (exact) mass is 392 g/mol. The van der Waals surface area contributed by atoms with Crippen LogP contribution in [0.2, 0.25) is 10.0 Å². The molecule has 2 aromatic rings. The molecule has 3 rings (SSSR count). The summed E-state index contributed by atoms with van der Waals surface area (Å²) >= 11 is 12.6. The standard InChI is InChI=1S/C19H18Cl2N2O3/c1-11-4-3-5-13(10-11)26-9-8-23-18-15(21)7-6-14(20)16(18)17(19(23)25)22-12(2)24/h3-7,10,17H,8-9H2,1-2H3,(H,22,24). The van der Waals surface area contributed by atoms with Gasteiger partial charge in [0.05, 0.1) is 17.3 Å². The molecule has 1 atom stereocenters. The van der Waals surface area contributed by atoms with Gasteiger partial charge in [-0.15, -0.1) is 0 Å². The minimum Gasteiger partial charge on any atom is -0.492 e. The molecular weight excluding hydrogens is 375 g/mol. The van der Waals surface area contributed by atoms with Crippen LogP contribution in [0, 0.1) is 6.92 Å². The maximum absolute atomic E-state index is 12.8. The minimum atomic E-state index is -0.840. The third-order valence-corrected chi connectivity index (χ3v) is 4.74. The Kier molecular flexibility index (Phi) is 5.39. The molecule has 136 valence electrons. The molecule has 0 fully saturated rings. The highest BCUT2D eigenvalue weighted by molar-refractivity contribution is 6.38. The molecule has 0 aromatic heterocycles. The number of rotatable bonds is 5. The van der Waals surface area contributed by atoms with Crippen molar-refractivity contribution in [2.75, 3.05) is 18.1 Å². The molecular formula is C19H18Cl2N2O3. The molecule has 0 spiro atoms. The maximum Gasteiger partial charge on any atom is 0.254 e. The lowest BCUT2D eigenvalue weighted by atomic mass is 10.1. The lowest BCUT2D eigenvalue weighted by Gasteiger charge is -2.19. The topological polar surface area (TPSA) is 58.6 Å². The Balaban J connectivity index is 1.82. The Bertz CT molecular complexity index is 870. The largest absolute Gasteiger partial charge is 0.492 e. The minimum absolute atomic E-state index is 0.280. The average Bonchev–Trinajstić information content (AvgIpc) is 2.85. The number of halogens is 2. The maximum atomic E-state index is 12.8. The second kappa shape index (κ2) is 7.56. The number of nitrogens with zero attached hydrogens (tertiary/aromatic N) is 1. The Hall–Kier alpha value is -2.24. The number of nitrogens with one attached hydrogen (secondary N) is 1. The summed E-state index contributed by atoms with van der Waals surface area (Å²) < 4.78 is 5.74. The summed E-state index contributed by atoms with van der Waals surface area (Å²) in [4.78, 5) is 25.9. The van der Waals surface area contributed by atoms with E-state index in [9.17, 15) is 9.59 Å². The fourth-order valence-corrected chi connectivity index (χ4v) is 3.54. The zero-order chi connectivity index (χ0) is 18.8. The third kappa shape index (κ3) is 3.64. The van der Waals surface area contributed by atoms with E-state index in [1.807, 2.05) is 31.2 Å². The van der Waals surface area contributed by atoms with Crippen molar-refractivity contribution in [1.29, 1.82) is 0 Å². The van der Waals surface area contributed by atoms with E-state index in [-0.39, 0.29) is 25.0 Å². The van der Waals surface area contributed by atoms with Crippen molar-refractivity contribution in [1.82, 2.24) is 5.32 Å². The van der Waals surface area contributed by atoms with E-state index in [4.69, 9.17) is 27.9 Å². The van der Waals surface area contributed by atoms with Gasteiger partial charge >= 0.3 is 0 Å². The Morgan fingerprint density at radius 3 is 2.65 bits per heavy atom. The molecule has 2 aromatic carbocycles. The number of amides is 2. The molecule has 26 heavy (non-hydrogen) atoms. The van der Waals surface area contributed by atoms with Gasteiger partial charge in [-0.05, 0) is 36.8 Å². The molecule has 1 unspecified atom stereocenters. The van der Waals surface area contributed by atoms with Gasteiger partial charge in [-0.25, -0.2) is 0 Å². The number of fused-ring (bicyclic) bond motifs is 1. The van der Waals surface area contributed by atoms with Crippen molar-refractivity contribution in [3.05, 3.63) is 57.6 Å². The first kappa shape index (κ1) is 18.5. The van der Waals surface area contributed by atoms with E-state index < -0.39 is 6.04 Å². The van der Waals surface area contributed by atoms with E-state index in [0.717, 1.165) is 11.3 Å². The molecule has 5 nitrogen and oxygen atoms in total. The normalized spacial score (nSPS) is 15.8. The SMILES string of the molecule is CC(=O)NC1C(=O)N(CCOc2cccc(C)c2)c2c(Cl)ccc(Cl)c21. The van der Waals surface area contributed by atoms with Crippen molar-refractivity contribution in [3.63, 3.8) is 0 Å². The third-order valence-electron chi connectivity index (χ3n) is 4.11. The van der Waals surface area contributed by atoms with Crippen LogP contribution in [0.25, 0.3) is 0 Å². The number of benzene rings is 2. The summed E-state index contributed by atoms with van der Waals surface area (Å²) in [5.74, 6) is 0.133. The van der Waals surface area contributed by atoms with Crippen LogP contribution in [-0.4, -0.2) is 25.0 Å². The van der Waals surface area contributed by atoms with Crippen molar-refractivity contribution in [3.8, 4) is 5.75 Å². The van der Waals surface area contributed by atoms with Gasteiger partial charge in [0, 0.05) is 17.5 Å². The number of anilines is 1. The molecule has 0 bridgehead atoms. The number of carbonyl (C=O) groups excluding carboxylic acids is 2. The molecule has 1 N–H and O–H groups in total. The number of hydrogen-bond donors (Lipinski definition) is 1. The predicted molar refractivity (Wildman–Crippen MR) is 102 cm³/mol. The first-order valence-electron chi connectivity index (χ1n) is 8.14. The van der Waals surface area contributed by atoms with Gasteiger partial charge in [0.15, 0.2) is 0 Å². The first-order valence-corrected chi connectivity index (χ1v) is 8.90. The summed E-state index contributed by atoms with van der Waals surface area (Å²) in [5, 5.41) is 3.44. The van der Waals surface area contributed by atoms with Crippen molar-refractivity contribution in [2.24, 2.45) is 0 Å². The number of ether oxygens (including phenoxy) is 1. The predicted octanol–water partition coefficient (Wildman–Crippen LogP) is 3.90. The highest BCUT2D eigenvalue weighted by Gasteiger charge is 2.40. The van der Waals surface area contributed by atoms with Crippen LogP contribution in [0.15, 0.2) is 36.4 Å². The quantitative estimate of drug-likeness (QED) is 0.838. The van der Waals surface area contributed by atoms with E-state index in [1.165, 1.54) is 11.8 Å². The van der Waals surface area contributed by atoms with E-state index in [1.54, 1.807) is 12.1 Å². The van der Waals surface area contributed by atoms with Gasteiger partial charge in [-0.1, -0.05) is 35.3 Å². The molecule has 0 radical (unpaired) electrons. The lowest BCUT2D eigenvalue weighted by Crippen LogP contribution is -2.38. The highest BCUT2D eigenvalue weighted by Crippen LogP contribution is 2.44. The van der Waals surface area contributed by atoms with Crippen LogP contribution in [0.1, 0.15) is 24.1 Å². The van der Waals surface area contributed by atoms with Gasteiger partial charge in [0.1, 0.15) is 18.4 Å². The summed E-state index contributed by atoms with van der Waals surface area (Å²) in [6.07, 6.45) is 0. The van der Waals surface area contributed by atoms with Crippen LogP contribution < -0.4 is 15.0 Å². The Morgan fingerprint density at radius 1 is 1.23 bits per heavy atom. The number of hydrogen-bond acceptors (Lipinski definition) is 3. The van der Waals surface area contributed by atoms with Gasteiger partial charge in [-0.2, -0.15) is 0 Å². The van der Waals surface area contributed by atoms with Gasteiger partial charge in [-0.3, -0.25) is 9.59 Å². The Morgan fingerprint density at radius 2 is 1.96 bits per heavy atom. The fourth-order valence-electron chi connectivity index (χ4n) is 3.01. The molecule has 1 aliphatic heterocycles. The van der Waals surface area contributed by atoms with E-state index in [0.29, 0.717) is 21.3 Å². The number of carbonyl (C=O) groups is 2. The van der Waals surface area contributed by atoms with Crippen LogP contribution in [-0.2, 0) is 9.59 Å². The highest BCUT2D eigenvalue weighted by atomic mass is 35.5. The van der Waals surface area contributed by atoms with E-state index >= 15 is 0 Å². The van der Waals surface area contributed by atoms with E-state index in [2.05, 4.69) is 5.32 Å². The summed E-state index contributed by atoms with van der Waals surface area (Å²) in [6.45, 7) is 3.90. The fraction of sp³-hybridized carbons (Fsp3) is 0.263. The zero-order valence-corrected chi connectivity index (χ0v) is 15.9. The van der Waals surface area contributed by atoms with Crippen molar-refractivity contribution >= 4 is 40.7 Å². The second-order valence-electron chi connectivity index (χ2n) is 6.08. The summed E-state index contributed by atoms with van der Waals surface area (Å²) in [6, 6.07) is 10.1. The lowest BCUT2D eigenvalue weighted by molar-refractivity contribution is -0.126. The van der Waals surface area contributed by atoms with Gasteiger partial charge in [0.2, 0.25) is 5.91 Å². The van der Waals surface area contributed by atoms with Crippen LogP contribution in [0.5, 0.6) is 5.75 Å². The first-order chi connectivity index (χ1) is 12.4. The molecule has 7 heteroatoms. The van der Waals surface area contributed by atoms with Crippen LogP contribution in [0.3, 0.4) is 0 Å². The molecule has 0 saturated heterocycles. The smallest absolute Gasteiger partial charge is 0.254 e. The van der Waals surface area contributed by atoms with Gasteiger partial charge in [0.25, 0.3) is 5.91 Å². The zero-order valence-electron chi connectivity index (χ0n) is 14.4. The molecule has 1 heterocycles. The van der Waals surface area contributed by atoms with Gasteiger partial charge < -0.3 is 15.0 Å². The van der Waals surface area contributed by atoms with Crippen LogP contribution >= 0.6 is 23.2 Å². The van der Waals surface area contributed by atoms with Crippen molar-refractivity contribution < 1.29 is 14.3 Å². The molecule has 1 aliphatic rings. The molecule has 0 aliphatic carbocycles. The van der Waals surface area contributed by atoms with Crippen LogP contribution in [0.4, 0.5) is 5.69 Å². The average molecular weight is 393 g/mol. The summed E-state index contributed by atoms with van der Waals surface area (Å²) in [7, 11) is 0. The Labute approximate surface area is 161 Å². The molecule has 0 saturated carbocycles. The summed E-state index contributed by atoms with van der Waals surface area (Å²) in [5.41, 5.74) is 2.14. The number of aryl methyl sites for hydroxylation is 1. The second-order valence-corrected chi connectivity index (χ2v) is 6.89.